The van der Waals surface area contributed by atoms with Crippen molar-refractivity contribution < 1.29 is 12.8 Å². The van der Waals surface area contributed by atoms with E-state index < -0.39 is 15.7 Å². The van der Waals surface area contributed by atoms with Crippen molar-refractivity contribution >= 4 is 38.7 Å². The first-order valence-corrected chi connectivity index (χ1v) is 7.92. The van der Waals surface area contributed by atoms with Crippen LogP contribution in [0, 0.1) is 5.82 Å². The van der Waals surface area contributed by atoms with Crippen LogP contribution in [0.3, 0.4) is 0 Å². The molecule has 2 N–H and O–H groups in total. The highest BCUT2D eigenvalue weighted by atomic mass is 35.5. The van der Waals surface area contributed by atoms with E-state index in [0.717, 1.165) is 6.07 Å². The van der Waals surface area contributed by atoms with E-state index in [4.69, 9.17) is 28.9 Å². The van der Waals surface area contributed by atoms with Crippen molar-refractivity contribution in [3.05, 3.63) is 57.8 Å². The van der Waals surface area contributed by atoms with E-state index in [-0.39, 0.29) is 26.4 Å². The summed E-state index contributed by atoms with van der Waals surface area (Å²) in [6, 6.07) is 7.97. The Bertz CT molecular complexity index is 763. The summed E-state index contributed by atoms with van der Waals surface area (Å²) in [5.41, 5.74) is 6.14. The lowest BCUT2D eigenvalue weighted by Gasteiger charge is -2.08. The zero-order valence-electron chi connectivity index (χ0n) is 10.1. The Morgan fingerprint density at radius 3 is 2.45 bits per heavy atom. The minimum atomic E-state index is -3.69. The van der Waals surface area contributed by atoms with Gasteiger partial charge in [0.1, 0.15) is 5.82 Å². The molecule has 2 aromatic rings. The maximum absolute atomic E-state index is 13.1. The number of hydrogen-bond acceptors (Lipinski definition) is 3. The maximum atomic E-state index is 13.1. The first-order chi connectivity index (χ1) is 9.29. The van der Waals surface area contributed by atoms with Crippen molar-refractivity contribution in [2.45, 2.75) is 10.6 Å². The van der Waals surface area contributed by atoms with Gasteiger partial charge in [-0.3, -0.25) is 0 Å². The topological polar surface area (TPSA) is 60.2 Å². The van der Waals surface area contributed by atoms with Gasteiger partial charge in [0.25, 0.3) is 0 Å². The van der Waals surface area contributed by atoms with Crippen LogP contribution in [-0.2, 0) is 15.6 Å². The number of hydrogen-bond donors (Lipinski definition) is 1. The van der Waals surface area contributed by atoms with Crippen LogP contribution in [0.4, 0.5) is 10.1 Å². The van der Waals surface area contributed by atoms with Gasteiger partial charge in [-0.15, -0.1) is 0 Å². The highest BCUT2D eigenvalue weighted by Crippen LogP contribution is 2.27. The molecule has 106 valence electrons. The minimum Gasteiger partial charge on any atom is -0.398 e. The third-order valence-electron chi connectivity index (χ3n) is 2.65. The van der Waals surface area contributed by atoms with Crippen LogP contribution in [0.15, 0.2) is 41.3 Å². The number of benzene rings is 2. The zero-order valence-corrected chi connectivity index (χ0v) is 12.4. The normalized spacial score (nSPS) is 11.6. The predicted molar refractivity (Wildman–Crippen MR) is 78.2 cm³/mol. The van der Waals surface area contributed by atoms with Gasteiger partial charge >= 0.3 is 0 Å². The monoisotopic (exact) mass is 333 g/mol. The summed E-state index contributed by atoms with van der Waals surface area (Å²) >= 11 is 11.4. The maximum Gasteiger partial charge on any atom is 0.184 e. The van der Waals surface area contributed by atoms with Crippen molar-refractivity contribution in [3.63, 3.8) is 0 Å². The average Bonchev–Trinajstić information content (AvgIpc) is 2.36. The molecule has 0 aliphatic carbocycles. The molecule has 0 aliphatic heterocycles. The summed E-state index contributed by atoms with van der Waals surface area (Å²) in [7, 11) is -3.69. The van der Waals surface area contributed by atoms with Crippen LogP contribution in [0.25, 0.3) is 0 Å². The number of halogens is 3. The number of nitrogens with two attached hydrogens (primary N) is 1. The van der Waals surface area contributed by atoms with Crippen LogP contribution in [0.1, 0.15) is 5.56 Å². The van der Waals surface area contributed by atoms with Crippen LogP contribution < -0.4 is 5.73 Å². The summed E-state index contributed by atoms with van der Waals surface area (Å²) in [5.74, 6) is -0.938. The van der Waals surface area contributed by atoms with Gasteiger partial charge in [-0.1, -0.05) is 29.3 Å². The summed E-state index contributed by atoms with van der Waals surface area (Å²) in [4.78, 5) is -0.0505. The van der Waals surface area contributed by atoms with Gasteiger partial charge in [0.05, 0.1) is 21.4 Å². The molecule has 0 radical (unpaired) electrons. The highest BCUT2D eigenvalue weighted by molar-refractivity contribution is 7.90. The Morgan fingerprint density at radius 2 is 1.80 bits per heavy atom. The number of rotatable bonds is 3. The van der Waals surface area contributed by atoms with E-state index in [2.05, 4.69) is 0 Å². The number of anilines is 1. The molecule has 0 unspecified atom stereocenters. The lowest BCUT2D eigenvalue weighted by atomic mass is 10.2. The summed E-state index contributed by atoms with van der Waals surface area (Å²) in [6.07, 6.45) is 0. The zero-order chi connectivity index (χ0) is 14.9. The number of nitrogen functional groups attached to an aromatic ring is 1. The van der Waals surface area contributed by atoms with Gasteiger partial charge in [0.2, 0.25) is 0 Å². The van der Waals surface area contributed by atoms with Crippen molar-refractivity contribution in [2.24, 2.45) is 0 Å². The van der Waals surface area contributed by atoms with E-state index in [1.165, 1.54) is 30.3 Å². The average molecular weight is 334 g/mol. The van der Waals surface area contributed by atoms with E-state index in [0.29, 0.717) is 5.56 Å². The number of sulfone groups is 1. The molecule has 20 heavy (non-hydrogen) atoms. The minimum absolute atomic E-state index is 0.0505. The fourth-order valence-corrected chi connectivity index (χ4v) is 3.65. The molecule has 0 saturated carbocycles. The largest absolute Gasteiger partial charge is 0.398 e. The van der Waals surface area contributed by atoms with Crippen molar-refractivity contribution in [1.29, 1.82) is 0 Å². The molecule has 0 amide bonds. The second kappa shape index (κ2) is 5.60. The molecular weight excluding hydrogens is 324 g/mol. The molecule has 2 rings (SSSR count). The lowest BCUT2D eigenvalue weighted by Crippen LogP contribution is -2.08. The predicted octanol–water partition coefficient (Wildman–Crippen LogP) is 3.69. The lowest BCUT2D eigenvalue weighted by molar-refractivity contribution is 0.595. The van der Waals surface area contributed by atoms with Crippen molar-refractivity contribution in [2.75, 3.05) is 5.73 Å². The quantitative estimate of drug-likeness (QED) is 0.871. The van der Waals surface area contributed by atoms with Crippen molar-refractivity contribution in [3.8, 4) is 0 Å². The van der Waals surface area contributed by atoms with Gasteiger partial charge < -0.3 is 5.73 Å². The fourth-order valence-electron chi connectivity index (χ4n) is 1.70. The van der Waals surface area contributed by atoms with Gasteiger partial charge in [0.15, 0.2) is 9.84 Å². The van der Waals surface area contributed by atoms with Crippen LogP contribution in [0.5, 0.6) is 0 Å². The van der Waals surface area contributed by atoms with Crippen LogP contribution in [-0.4, -0.2) is 8.42 Å². The summed E-state index contributed by atoms with van der Waals surface area (Å²) < 4.78 is 37.6. The van der Waals surface area contributed by atoms with Gasteiger partial charge in [0, 0.05) is 5.02 Å². The molecule has 2 aromatic carbocycles. The first-order valence-electron chi connectivity index (χ1n) is 5.51. The molecule has 3 nitrogen and oxygen atoms in total. The second-order valence-corrected chi connectivity index (χ2v) is 6.99. The molecule has 0 bridgehead atoms. The molecule has 0 heterocycles. The standard InChI is InChI=1S/C13H10Cl2FNO2S/c14-9-2-4-12(17)13(6-9)20(18,19)7-8-1-3-11(16)10(15)5-8/h1-6H,7,17H2. The molecule has 0 atom stereocenters. The molecule has 0 spiro atoms. The Balaban J connectivity index is 2.40. The fraction of sp³-hybridized carbons (Fsp3) is 0.0769. The van der Waals surface area contributed by atoms with E-state index in [1.54, 1.807) is 0 Å². The smallest absolute Gasteiger partial charge is 0.184 e. The van der Waals surface area contributed by atoms with E-state index >= 15 is 0 Å². The third kappa shape index (κ3) is 3.23. The second-order valence-electron chi connectivity index (χ2n) is 4.19. The molecule has 0 aliphatic rings. The van der Waals surface area contributed by atoms with Gasteiger partial charge in [-0.05, 0) is 35.9 Å². The van der Waals surface area contributed by atoms with Crippen LogP contribution >= 0.6 is 23.2 Å². The molecule has 0 fully saturated rings. The molecular formula is C13H10Cl2FNO2S. The van der Waals surface area contributed by atoms with E-state index in [9.17, 15) is 12.8 Å². The van der Waals surface area contributed by atoms with E-state index in [1.807, 2.05) is 0 Å². The van der Waals surface area contributed by atoms with Gasteiger partial charge in [-0.2, -0.15) is 0 Å². The molecule has 0 saturated heterocycles. The van der Waals surface area contributed by atoms with Gasteiger partial charge in [-0.25, -0.2) is 12.8 Å². The highest BCUT2D eigenvalue weighted by Gasteiger charge is 2.19. The van der Waals surface area contributed by atoms with Crippen molar-refractivity contribution in [1.82, 2.24) is 0 Å². The Kier molecular flexibility index (Phi) is 4.22. The molecule has 0 aromatic heterocycles. The third-order valence-corrected chi connectivity index (χ3v) is 4.91. The Labute approximate surface area is 126 Å². The Morgan fingerprint density at radius 1 is 1.10 bits per heavy atom. The van der Waals surface area contributed by atoms with Crippen LogP contribution in [0.2, 0.25) is 10.0 Å². The first kappa shape index (κ1) is 15.1. The SMILES string of the molecule is Nc1ccc(Cl)cc1S(=O)(=O)Cc1ccc(F)c(Cl)c1. The Hall–Kier alpha value is -1.30. The summed E-state index contributed by atoms with van der Waals surface area (Å²) in [6.45, 7) is 0. The molecule has 7 heteroatoms. The summed E-state index contributed by atoms with van der Waals surface area (Å²) in [5, 5.41) is 0.145.